The van der Waals surface area contributed by atoms with Gasteiger partial charge < -0.3 is 4.74 Å². The molecule has 2 saturated heterocycles. The predicted molar refractivity (Wildman–Crippen MR) is 62.0 cm³/mol. The molecule has 0 radical (unpaired) electrons. The minimum absolute atomic E-state index is 0.123. The second kappa shape index (κ2) is 4.11. The van der Waals surface area contributed by atoms with Crippen molar-refractivity contribution in [3.8, 4) is 0 Å². The van der Waals surface area contributed by atoms with Crippen LogP contribution in [0.1, 0.15) is 33.1 Å². The first-order valence-electron chi connectivity index (χ1n) is 5.59. The van der Waals surface area contributed by atoms with Gasteiger partial charge in [-0.25, -0.2) is 0 Å². The average Bonchev–Trinajstić information content (AvgIpc) is 2.59. The van der Waals surface area contributed by atoms with E-state index in [9.17, 15) is 0 Å². The summed E-state index contributed by atoms with van der Waals surface area (Å²) in [4.78, 5) is 3.22. The topological polar surface area (TPSA) is 12.5 Å². The van der Waals surface area contributed by atoms with Crippen LogP contribution in [0.2, 0.25) is 0 Å². The van der Waals surface area contributed by atoms with Crippen LogP contribution in [0, 0.1) is 0 Å². The van der Waals surface area contributed by atoms with Crippen molar-refractivity contribution < 1.29 is 4.74 Å². The van der Waals surface area contributed by atoms with E-state index in [0.29, 0.717) is 10.9 Å². The molecule has 0 bridgehead atoms. The van der Waals surface area contributed by atoms with Crippen LogP contribution >= 0.6 is 15.9 Å². The minimum Gasteiger partial charge on any atom is -0.371 e. The Kier molecular flexibility index (Phi) is 3.20. The molecule has 0 amide bonds. The molecule has 2 rings (SSSR count). The summed E-state index contributed by atoms with van der Waals surface area (Å²) < 4.78 is 5.99. The Morgan fingerprint density at radius 1 is 1.43 bits per heavy atom. The molecule has 0 aromatic carbocycles. The Labute approximate surface area is 95.1 Å². The van der Waals surface area contributed by atoms with E-state index in [4.69, 9.17) is 4.74 Å². The van der Waals surface area contributed by atoms with Gasteiger partial charge in [-0.1, -0.05) is 15.9 Å². The van der Waals surface area contributed by atoms with E-state index in [-0.39, 0.29) is 5.60 Å². The fourth-order valence-corrected chi connectivity index (χ4v) is 3.06. The number of rotatable bonds is 2. The van der Waals surface area contributed by atoms with Gasteiger partial charge in [0.05, 0.1) is 11.7 Å². The molecular weight excluding hydrogens is 242 g/mol. The van der Waals surface area contributed by atoms with E-state index >= 15 is 0 Å². The van der Waals surface area contributed by atoms with Crippen LogP contribution < -0.4 is 0 Å². The van der Waals surface area contributed by atoms with Crippen LogP contribution in [0.5, 0.6) is 0 Å². The lowest BCUT2D eigenvalue weighted by atomic mass is 10.1. The molecule has 14 heavy (non-hydrogen) atoms. The maximum atomic E-state index is 5.99. The summed E-state index contributed by atoms with van der Waals surface area (Å²) in [6.07, 6.45) is 4.21. The highest BCUT2D eigenvalue weighted by Gasteiger charge is 2.33. The first kappa shape index (κ1) is 10.9. The maximum absolute atomic E-state index is 5.99. The van der Waals surface area contributed by atoms with E-state index in [1.165, 1.54) is 32.4 Å². The second-order valence-electron chi connectivity index (χ2n) is 5.18. The van der Waals surface area contributed by atoms with Gasteiger partial charge in [0.1, 0.15) is 0 Å². The molecule has 82 valence electrons. The molecule has 2 aliphatic heterocycles. The fraction of sp³-hybridized carbons (Fsp3) is 1.00. The Morgan fingerprint density at radius 3 is 2.71 bits per heavy atom. The van der Waals surface area contributed by atoms with Crippen LogP contribution in [-0.4, -0.2) is 41.1 Å². The standard InChI is InChI=1S/C11H20BrNO/c1-11(2)5-3-10(14-11)8-13-6-4-9(12)7-13/h9-10H,3-8H2,1-2H3. The first-order valence-corrected chi connectivity index (χ1v) is 6.51. The number of halogens is 1. The van der Waals surface area contributed by atoms with Gasteiger partial charge in [-0.3, -0.25) is 4.90 Å². The molecule has 2 nitrogen and oxygen atoms in total. The molecule has 0 N–H and O–H groups in total. The summed E-state index contributed by atoms with van der Waals surface area (Å²) >= 11 is 3.67. The smallest absolute Gasteiger partial charge is 0.0710 e. The summed E-state index contributed by atoms with van der Waals surface area (Å²) in [6, 6.07) is 0. The van der Waals surface area contributed by atoms with E-state index < -0.39 is 0 Å². The lowest BCUT2D eigenvalue weighted by Gasteiger charge is -2.23. The summed E-state index contributed by atoms with van der Waals surface area (Å²) in [7, 11) is 0. The molecule has 2 aliphatic rings. The van der Waals surface area contributed by atoms with Crippen LogP contribution in [0.3, 0.4) is 0 Å². The molecule has 2 atom stereocenters. The van der Waals surface area contributed by atoms with Crippen LogP contribution in [0.25, 0.3) is 0 Å². The lowest BCUT2D eigenvalue weighted by molar-refractivity contribution is -0.0261. The van der Waals surface area contributed by atoms with Gasteiger partial charge in [-0.2, -0.15) is 0 Å². The van der Waals surface area contributed by atoms with Crippen molar-refractivity contribution in [2.24, 2.45) is 0 Å². The normalized spacial score (nSPS) is 37.9. The monoisotopic (exact) mass is 261 g/mol. The third kappa shape index (κ3) is 2.71. The van der Waals surface area contributed by atoms with Crippen molar-refractivity contribution in [2.75, 3.05) is 19.6 Å². The summed E-state index contributed by atoms with van der Waals surface area (Å²) in [5.74, 6) is 0. The Balaban J connectivity index is 1.76. The second-order valence-corrected chi connectivity index (χ2v) is 6.48. The summed E-state index contributed by atoms with van der Waals surface area (Å²) in [6.45, 7) is 7.95. The van der Waals surface area contributed by atoms with Crippen molar-refractivity contribution >= 4 is 15.9 Å². The zero-order valence-electron chi connectivity index (χ0n) is 9.13. The Morgan fingerprint density at radius 2 is 2.21 bits per heavy atom. The molecule has 3 heteroatoms. The molecule has 0 spiro atoms. The molecule has 0 aromatic rings. The fourth-order valence-electron chi connectivity index (χ4n) is 2.45. The Bertz CT molecular complexity index is 207. The van der Waals surface area contributed by atoms with E-state index in [0.717, 1.165) is 6.54 Å². The van der Waals surface area contributed by atoms with Crippen molar-refractivity contribution in [3.63, 3.8) is 0 Å². The van der Waals surface area contributed by atoms with E-state index in [1.54, 1.807) is 0 Å². The average molecular weight is 262 g/mol. The van der Waals surface area contributed by atoms with Crippen molar-refractivity contribution in [3.05, 3.63) is 0 Å². The number of ether oxygens (including phenoxy) is 1. The third-order valence-corrected chi connectivity index (χ3v) is 3.98. The number of nitrogens with zero attached hydrogens (tertiary/aromatic N) is 1. The molecule has 0 aliphatic carbocycles. The first-order chi connectivity index (χ1) is 6.55. The lowest BCUT2D eigenvalue weighted by Crippen LogP contribution is -2.32. The zero-order chi connectivity index (χ0) is 10.2. The molecule has 0 saturated carbocycles. The van der Waals surface area contributed by atoms with Gasteiger partial charge in [0.25, 0.3) is 0 Å². The van der Waals surface area contributed by atoms with Gasteiger partial charge in [0.15, 0.2) is 0 Å². The number of hydrogen-bond acceptors (Lipinski definition) is 2. The molecular formula is C11H20BrNO. The highest BCUT2D eigenvalue weighted by atomic mass is 79.9. The van der Waals surface area contributed by atoms with Gasteiger partial charge in [-0.15, -0.1) is 0 Å². The van der Waals surface area contributed by atoms with Gasteiger partial charge in [-0.05, 0) is 39.7 Å². The quantitative estimate of drug-likeness (QED) is 0.709. The zero-order valence-corrected chi connectivity index (χ0v) is 10.7. The van der Waals surface area contributed by atoms with Crippen molar-refractivity contribution in [1.82, 2.24) is 4.90 Å². The number of hydrogen-bond donors (Lipinski definition) is 0. The van der Waals surface area contributed by atoms with Crippen molar-refractivity contribution in [2.45, 2.75) is 49.6 Å². The highest BCUT2D eigenvalue weighted by molar-refractivity contribution is 9.09. The molecule has 0 aromatic heterocycles. The highest BCUT2D eigenvalue weighted by Crippen LogP contribution is 2.30. The molecule has 2 heterocycles. The van der Waals surface area contributed by atoms with Gasteiger partial charge in [0, 0.05) is 17.9 Å². The van der Waals surface area contributed by atoms with E-state index in [2.05, 4.69) is 34.7 Å². The predicted octanol–water partition coefficient (Wildman–Crippen LogP) is 2.41. The largest absolute Gasteiger partial charge is 0.371 e. The van der Waals surface area contributed by atoms with Crippen molar-refractivity contribution in [1.29, 1.82) is 0 Å². The van der Waals surface area contributed by atoms with E-state index in [1.807, 2.05) is 0 Å². The van der Waals surface area contributed by atoms with Gasteiger partial charge >= 0.3 is 0 Å². The summed E-state index contributed by atoms with van der Waals surface area (Å²) in [5, 5.41) is 0. The summed E-state index contributed by atoms with van der Waals surface area (Å²) in [5.41, 5.74) is 0.123. The molecule has 2 fully saturated rings. The number of alkyl halides is 1. The maximum Gasteiger partial charge on any atom is 0.0710 e. The Hall–Kier alpha value is 0.400. The van der Waals surface area contributed by atoms with Gasteiger partial charge in [0.2, 0.25) is 0 Å². The number of likely N-dealkylation sites (tertiary alicyclic amines) is 1. The SMILES string of the molecule is CC1(C)CCC(CN2CCC(Br)C2)O1. The minimum atomic E-state index is 0.123. The van der Waals surface area contributed by atoms with Crippen LogP contribution in [0.4, 0.5) is 0 Å². The third-order valence-electron chi connectivity index (χ3n) is 3.23. The van der Waals surface area contributed by atoms with Crippen LogP contribution in [-0.2, 0) is 4.74 Å². The molecule has 2 unspecified atom stereocenters. The van der Waals surface area contributed by atoms with Crippen LogP contribution in [0.15, 0.2) is 0 Å².